The van der Waals surface area contributed by atoms with Crippen molar-refractivity contribution in [2.24, 2.45) is 0 Å². The van der Waals surface area contributed by atoms with Crippen LogP contribution in [0.4, 0.5) is 0 Å². The maximum absolute atomic E-state index is 13.5. The number of rotatable bonds is 4. The highest BCUT2D eigenvalue weighted by atomic mass is 32.1. The summed E-state index contributed by atoms with van der Waals surface area (Å²) >= 11 is 1.69. The van der Waals surface area contributed by atoms with Crippen LogP contribution in [0.25, 0.3) is 16.1 Å². The number of fused-ring (bicyclic) bond motifs is 1. The van der Waals surface area contributed by atoms with Crippen molar-refractivity contribution in [2.75, 3.05) is 13.1 Å². The van der Waals surface area contributed by atoms with Gasteiger partial charge in [-0.1, -0.05) is 30.3 Å². The standard InChI is InChI=1S/C24H23N5O2S/c1-15-12-16(2)29-22(27-15)19(14-26-29)24(31)28-10-9-25-23(30)20(28)13-17-5-7-18(8-6-17)21-4-3-11-32-21/h3-8,11-12,14,20H,9-10,13H2,1-2H3,(H,25,30)/t20-/m1/s1. The molecular formula is C24H23N5O2S. The Balaban J connectivity index is 1.43. The molecule has 162 valence electrons. The monoisotopic (exact) mass is 445 g/mol. The Kier molecular flexibility index (Phi) is 5.22. The lowest BCUT2D eigenvalue weighted by atomic mass is 10.00. The summed E-state index contributed by atoms with van der Waals surface area (Å²) in [6, 6.07) is 13.6. The predicted octanol–water partition coefficient (Wildman–Crippen LogP) is 3.26. The third-order valence-corrected chi connectivity index (χ3v) is 6.71. The van der Waals surface area contributed by atoms with Crippen LogP contribution in [0, 0.1) is 13.8 Å². The van der Waals surface area contributed by atoms with Crippen LogP contribution in [-0.4, -0.2) is 50.4 Å². The fourth-order valence-electron chi connectivity index (χ4n) is 4.21. The first-order valence-corrected chi connectivity index (χ1v) is 11.4. The van der Waals surface area contributed by atoms with E-state index in [1.54, 1.807) is 26.9 Å². The number of nitrogens with zero attached hydrogens (tertiary/aromatic N) is 4. The van der Waals surface area contributed by atoms with E-state index >= 15 is 0 Å². The van der Waals surface area contributed by atoms with Gasteiger partial charge in [0.1, 0.15) is 11.6 Å². The van der Waals surface area contributed by atoms with Crippen LogP contribution in [0.3, 0.4) is 0 Å². The van der Waals surface area contributed by atoms with Gasteiger partial charge in [-0.3, -0.25) is 9.59 Å². The number of thiophene rings is 1. The fraction of sp³-hybridized carbons (Fsp3) is 0.250. The molecule has 0 spiro atoms. The van der Waals surface area contributed by atoms with Crippen molar-refractivity contribution in [3.63, 3.8) is 0 Å². The van der Waals surface area contributed by atoms with Crippen molar-refractivity contribution in [1.29, 1.82) is 0 Å². The summed E-state index contributed by atoms with van der Waals surface area (Å²) in [5.74, 6) is -0.351. The molecule has 3 aromatic heterocycles. The van der Waals surface area contributed by atoms with Crippen molar-refractivity contribution in [1.82, 2.24) is 24.8 Å². The van der Waals surface area contributed by atoms with Crippen LogP contribution >= 0.6 is 11.3 Å². The van der Waals surface area contributed by atoms with Gasteiger partial charge in [0.05, 0.1) is 6.20 Å². The average Bonchev–Trinajstić information content (AvgIpc) is 3.45. The van der Waals surface area contributed by atoms with E-state index < -0.39 is 6.04 Å². The van der Waals surface area contributed by atoms with Gasteiger partial charge in [0.15, 0.2) is 5.65 Å². The third kappa shape index (κ3) is 3.67. The number of piperazine rings is 1. The normalized spacial score (nSPS) is 16.4. The molecule has 5 rings (SSSR count). The molecule has 0 saturated carbocycles. The summed E-state index contributed by atoms with van der Waals surface area (Å²) in [4.78, 5) is 33.7. The van der Waals surface area contributed by atoms with E-state index in [0.717, 1.165) is 22.5 Å². The zero-order valence-electron chi connectivity index (χ0n) is 17.9. The van der Waals surface area contributed by atoms with Gasteiger partial charge in [-0.05, 0) is 42.5 Å². The van der Waals surface area contributed by atoms with Crippen LogP contribution in [-0.2, 0) is 11.2 Å². The molecule has 8 heteroatoms. The van der Waals surface area contributed by atoms with Crippen LogP contribution in [0.15, 0.2) is 54.0 Å². The van der Waals surface area contributed by atoms with Gasteiger partial charge in [-0.25, -0.2) is 9.50 Å². The summed E-state index contributed by atoms with van der Waals surface area (Å²) in [6.07, 6.45) is 2.00. The van der Waals surface area contributed by atoms with Crippen molar-refractivity contribution >= 4 is 28.8 Å². The molecule has 1 aliphatic rings. The first kappa shape index (κ1) is 20.4. The summed E-state index contributed by atoms with van der Waals surface area (Å²) in [7, 11) is 0. The molecule has 1 N–H and O–H groups in total. The molecule has 1 saturated heterocycles. The maximum atomic E-state index is 13.5. The Morgan fingerprint density at radius 2 is 2.03 bits per heavy atom. The van der Waals surface area contributed by atoms with Crippen LogP contribution < -0.4 is 5.32 Å². The van der Waals surface area contributed by atoms with E-state index in [4.69, 9.17) is 0 Å². The lowest BCUT2D eigenvalue weighted by molar-refractivity contribution is -0.127. The quantitative estimate of drug-likeness (QED) is 0.523. The molecule has 7 nitrogen and oxygen atoms in total. The molecule has 0 bridgehead atoms. The predicted molar refractivity (Wildman–Crippen MR) is 124 cm³/mol. The van der Waals surface area contributed by atoms with Gasteiger partial charge in [-0.2, -0.15) is 5.10 Å². The molecule has 0 unspecified atom stereocenters. The van der Waals surface area contributed by atoms with Crippen LogP contribution in [0.2, 0.25) is 0 Å². The molecular weight excluding hydrogens is 422 g/mol. The van der Waals surface area contributed by atoms with E-state index in [2.05, 4.69) is 39.0 Å². The number of nitrogens with one attached hydrogen (secondary N) is 1. The van der Waals surface area contributed by atoms with E-state index in [9.17, 15) is 9.59 Å². The first-order chi connectivity index (χ1) is 15.5. The number of hydrogen-bond donors (Lipinski definition) is 1. The molecule has 4 aromatic rings. The van der Waals surface area contributed by atoms with Crippen molar-refractivity contribution in [2.45, 2.75) is 26.3 Å². The SMILES string of the molecule is Cc1cc(C)n2ncc(C(=O)N3CCNC(=O)[C@H]3Cc3ccc(-c4cccs4)cc3)c2n1. The Bertz CT molecular complexity index is 1290. The van der Waals surface area contributed by atoms with Gasteiger partial charge in [0, 0.05) is 35.8 Å². The van der Waals surface area contributed by atoms with Gasteiger partial charge < -0.3 is 10.2 Å². The largest absolute Gasteiger partial charge is 0.353 e. The van der Waals surface area contributed by atoms with E-state index in [-0.39, 0.29) is 11.8 Å². The Labute approximate surface area is 189 Å². The van der Waals surface area contributed by atoms with Crippen molar-refractivity contribution in [3.8, 4) is 10.4 Å². The highest BCUT2D eigenvalue weighted by molar-refractivity contribution is 7.13. The molecule has 4 heterocycles. The lowest BCUT2D eigenvalue weighted by Gasteiger charge is -2.35. The summed E-state index contributed by atoms with van der Waals surface area (Å²) in [5, 5.41) is 9.30. The highest BCUT2D eigenvalue weighted by Crippen LogP contribution is 2.26. The van der Waals surface area contributed by atoms with Crippen molar-refractivity contribution < 1.29 is 9.59 Å². The topological polar surface area (TPSA) is 79.6 Å². The number of carbonyl (C=O) groups excluding carboxylic acids is 2. The van der Waals surface area contributed by atoms with Gasteiger partial charge in [-0.15, -0.1) is 11.3 Å². The second-order valence-electron chi connectivity index (χ2n) is 8.02. The zero-order valence-corrected chi connectivity index (χ0v) is 18.7. The molecule has 1 atom stereocenters. The van der Waals surface area contributed by atoms with E-state index in [0.29, 0.717) is 30.7 Å². The smallest absolute Gasteiger partial charge is 0.260 e. The Morgan fingerprint density at radius 1 is 1.22 bits per heavy atom. The second-order valence-corrected chi connectivity index (χ2v) is 8.96. The molecule has 2 amide bonds. The van der Waals surface area contributed by atoms with Gasteiger partial charge >= 0.3 is 0 Å². The van der Waals surface area contributed by atoms with E-state index in [1.165, 1.54) is 4.88 Å². The first-order valence-electron chi connectivity index (χ1n) is 10.5. The number of benzene rings is 1. The number of aryl methyl sites for hydroxylation is 2. The Morgan fingerprint density at radius 3 is 2.78 bits per heavy atom. The van der Waals surface area contributed by atoms with Gasteiger partial charge in [0.25, 0.3) is 5.91 Å². The molecule has 1 fully saturated rings. The number of amides is 2. The van der Waals surface area contributed by atoms with E-state index in [1.807, 2.05) is 38.1 Å². The number of carbonyl (C=O) groups is 2. The minimum absolute atomic E-state index is 0.135. The van der Waals surface area contributed by atoms with Crippen LogP contribution in [0.1, 0.15) is 27.3 Å². The molecule has 0 aliphatic carbocycles. The van der Waals surface area contributed by atoms with Gasteiger partial charge in [0.2, 0.25) is 5.91 Å². The third-order valence-electron chi connectivity index (χ3n) is 5.79. The maximum Gasteiger partial charge on any atom is 0.260 e. The highest BCUT2D eigenvalue weighted by Gasteiger charge is 2.35. The average molecular weight is 446 g/mol. The lowest BCUT2D eigenvalue weighted by Crippen LogP contribution is -2.58. The summed E-state index contributed by atoms with van der Waals surface area (Å²) in [5.41, 5.74) is 4.83. The number of aromatic nitrogens is 3. The summed E-state index contributed by atoms with van der Waals surface area (Å²) < 4.78 is 1.67. The Hall–Kier alpha value is -3.52. The fourth-order valence-corrected chi connectivity index (χ4v) is 4.94. The molecule has 1 aromatic carbocycles. The molecule has 32 heavy (non-hydrogen) atoms. The minimum atomic E-state index is -0.579. The summed E-state index contributed by atoms with van der Waals surface area (Å²) in [6.45, 7) is 4.71. The molecule has 1 aliphatic heterocycles. The van der Waals surface area contributed by atoms with Crippen molar-refractivity contribution in [3.05, 3.63) is 76.6 Å². The molecule has 0 radical (unpaired) electrons. The minimum Gasteiger partial charge on any atom is -0.353 e. The van der Waals surface area contributed by atoms with Crippen LogP contribution in [0.5, 0.6) is 0 Å². The number of hydrogen-bond acceptors (Lipinski definition) is 5. The second kappa shape index (κ2) is 8.20. The zero-order chi connectivity index (χ0) is 22.2.